The molecule has 0 nitrogen and oxygen atoms in total. The zero-order valence-corrected chi connectivity index (χ0v) is 12.7. The Hall–Kier alpha value is 0.540. The van der Waals surface area contributed by atoms with E-state index in [1.165, 1.54) is 0 Å². The van der Waals surface area contributed by atoms with Crippen LogP contribution in [0.5, 0.6) is 0 Å². The summed E-state index contributed by atoms with van der Waals surface area (Å²) in [5.41, 5.74) is 0. The van der Waals surface area contributed by atoms with Gasteiger partial charge in [-0.1, -0.05) is 11.6 Å². The zero-order valence-electron chi connectivity index (χ0n) is 9.00. The minimum absolute atomic E-state index is 0.685. The summed E-state index contributed by atoms with van der Waals surface area (Å²) in [5.74, 6) is -12.8. The van der Waals surface area contributed by atoms with Gasteiger partial charge in [0.2, 0.25) is 0 Å². The lowest BCUT2D eigenvalue weighted by atomic mass is 10.0. The largest absolute Gasteiger partial charge is 0.438 e. The van der Waals surface area contributed by atoms with Crippen LogP contribution >= 0.6 is 45.8 Å². The molecular formula is C7H2Cl2F11I. The van der Waals surface area contributed by atoms with E-state index in [4.69, 9.17) is 0 Å². The topological polar surface area (TPSA) is 0 Å². The minimum Gasteiger partial charge on any atom is -0.218 e. The lowest BCUT2D eigenvalue weighted by molar-refractivity contribution is -0.319. The van der Waals surface area contributed by atoms with Gasteiger partial charge in [-0.15, -0.1) is 0 Å². The Morgan fingerprint density at radius 2 is 1.05 bits per heavy atom. The van der Waals surface area contributed by atoms with Crippen LogP contribution in [0.15, 0.2) is 0 Å². The summed E-state index contributed by atoms with van der Waals surface area (Å²) >= 11 is 7.46. The molecule has 21 heavy (non-hydrogen) atoms. The molecule has 0 bridgehead atoms. The van der Waals surface area contributed by atoms with E-state index in [9.17, 15) is 48.3 Å². The Morgan fingerprint density at radius 3 is 1.29 bits per heavy atom. The molecule has 0 aromatic carbocycles. The number of halogens is 14. The zero-order chi connectivity index (χ0) is 17.7. The smallest absolute Gasteiger partial charge is 0.218 e. The highest BCUT2D eigenvalue weighted by molar-refractivity contribution is 14.1. The molecular weight excluding hydrogens is 491 g/mol. The molecule has 2 unspecified atom stereocenters. The maximum atomic E-state index is 13.0. The minimum atomic E-state index is -6.60. The molecule has 0 aliphatic heterocycles. The number of rotatable bonds is 5. The molecule has 2 atom stereocenters. The van der Waals surface area contributed by atoms with Gasteiger partial charge in [-0.25, -0.2) is 8.78 Å². The molecule has 0 aromatic heterocycles. The first-order chi connectivity index (χ1) is 8.71. The molecule has 0 rings (SSSR count). The summed E-state index contributed by atoms with van der Waals surface area (Å²) in [4.78, 5) is 0. The second kappa shape index (κ2) is 5.56. The monoisotopic (exact) mass is 492 g/mol. The van der Waals surface area contributed by atoms with E-state index in [1.54, 1.807) is 0 Å². The van der Waals surface area contributed by atoms with Crippen LogP contribution < -0.4 is 0 Å². The molecule has 0 saturated heterocycles. The summed E-state index contributed by atoms with van der Waals surface area (Å²) in [7, 11) is 0. The number of hydrogen-bond donors (Lipinski definition) is 0. The van der Waals surface area contributed by atoms with E-state index >= 15 is 0 Å². The average molecular weight is 493 g/mol. The Balaban J connectivity index is 5.71. The fourth-order valence-corrected chi connectivity index (χ4v) is 1.53. The molecule has 0 aliphatic rings. The molecule has 0 saturated carbocycles. The van der Waals surface area contributed by atoms with Crippen molar-refractivity contribution in [2.75, 3.05) is 0 Å². The fraction of sp³-hybridized carbons (Fsp3) is 1.00. The quantitative estimate of drug-likeness (QED) is 0.249. The van der Waals surface area contributed by atoms with E-state index in [0.717, 1.165) is 0 Å². The molecule has 0 radical (unpaired) electrons. The van der Waals surface area contributed by atoms with Crippen LogP contribution in [0.1, 0.15) is 6.42 Å². The van der Waals surface area contributed by atoms with Gasteiger partial charge in [-0.2, -0.15) is 39.5 Å². The van der Waals surface area contributed by atoms with E-state index in [2.05, 4.69) is 23.2 Å². The van der Waals surface area contributed by atoms with Crippen molar-refractivity contribution in [2.45, 2.75) is 38.6 Å². The van der Waals surface area contributed by atoms with Gasteiger partial charge in [0.15, 0.2) is 0 Å². The Morgan fingerprint density at radius 1 is 0.714 bits per heavy atom. The van der Waals surface area contributed by atoms with Crippen molar-refractivity contribution in [3.8, 4) is 0 Å². The van der Waals surface area contributed by atoms with Crippen molar-refractivity contribution < 1.29 is 48.3 Å². The molecule has 0 amide bonds. The standard InChI is InChI=1S/C7H2Cl2F11I/c8-2(10,6(9,16)17)1-3(11,12)4(13,14)5(15,21)7(18,19)20/h1H2. The average Bonchev–Trinajstić information content (AvgIpc) is 2.11. The lowest BCUT2D eigenvalue weighted by Gasteiger charge is -2.37. The van der Waals surface area contributed by atoms with Crippen LogP contribution in [0.4, 0.5) is 48.3 Å². The first-order valence-electron chi connectivity index (χ1n) is 4.35. The van der Waals surface area contributed by atoms with Crippen LogP contribution in [0.3, 0.4) is 0 Å². The lowest BCUT2D eigenvalue weighted by Crippen LogP contribution is -2.61. The van der Waals surface area contributed by atoms with Crippen molar-refractivity contribution in [3.63, 3.8) is 0 Å². The van der Waals surface area contributed by atoms with Gasteiger partial charge in [0.05, 0.1) is 6.42 Å². The van der Waals surface area contributed by atoms with Crippen LogP contribution in [0.2, 0.25) is 0 Å². The van der Waals surface area contributed by atoms with Crippen molar-refractivity contribution in [1.29, 1.82) is 0 Å². The predicted molar refractivity (Wildman–Crippen MR) is 58.9 cm³/mol. The van der Waals surface area contributed by atoms with Crippen LogP contribution in [0, 0.1) is 0 Å². The van der Waals surface area contributed by atoms with Crippen molar-refractivity contribution in [2.24, 2.45) is 0 Å². The Bertz CT molecular complexity index is 383. The second-order valence-electron chi connectivity index (χ2n) is 3.73. The SMILES string of the molecule is FC(F)(F)C(F)(I)C(F)(F)C(F)(F)CC(F)(Cl)C(F)(F)Cl. The van der Waals surface area contributed by atoms with E-state index < -0.39 is 61.2 Å². The van der Waals surface area contributed by atoms with Crippen molar-refractivity contribution in [1.82, 2.24) is 0 Å². The first kappa shape index (κ1) is 21.5. The number of hydrogen-bond acceptors (Lipinski definition) is 0. The highest BCUT2D eigenvalue weighted by Crippen LogP contribution is 2.59. The Kier molecular flexibility index (Phi) is 5.71. The first-order valence-corrected chi connectivity index (χ1v) is 6.19. The molecule has 0 heterocycles. The van der Waals surface area contributed by atoms with E-state index in [1.807, 2.05) is 0 Å². The van der Waals surface area contributed by atoms with Gasteiger partial charge in [0.25, 0.3) is 5.13 Å². The normalized spacial score (nSPS) is 20.9. The summed E-state index contributed by atoms with van der Waals surface area (Å²) in [6.45, 7) is 0. The van der Waals surface area contributed by atoms with Gasteiger partial charge < -0.3 is 0 Å². The third kappa shape index (κ3) is 3.90. The molecule has 0 fully saturated rings. The van der Waals surface area contributed by atoms with E-state index in [0.29, 0.717) is 0 Å². The van der Waals surface area contributed by atoms with Gasteiger partial charge in [0, 0.05) is 0 Å². The molecule has 14 heteroatoms. The maximum absolute atomic E-state index is 13.0. The highest BCUT2D eigenvalue weighted by Gasteiger charge is 2.80. The third-order valence-electron chi connectivity index (χ3n) is 2.07. The Labute approximate surface area is 133 Å². The highest BCUT2D eigenvalue weighted by atomic mass is 127. The van der Waals surface area contributed by atoms with Crippen LogP contribution in [-0.2, 0) is 0 Å². The summed E-state index contributed by atoms with van der Waals surface area (Å²) in [6, 6.07) is 0. The third-order valence-corrected chi connectivity index (χ3v) is 4.12. The van der Waals surface area contributed by atoms with Crippen LogP contribution in [0.25, 0.3) is 0 Å². The molecule has 0 aromatic rings. The molecule has 0 spiro atoms. The predicted octanol–water partition coefficient (Wildman–Crippen LogP) is 6.05. The van der Waals surface area contributed by atoms with Crippen molar-refractivity contribution >= 4 is 45.8 Å². The molecule has 128 valence electrons. The van der Waals surface area contributed by atoms with Gasteiger partial charge in [-0.05, 0) is 34.2 Å². The number of alkyl halides is 14. The summed E-state index contributed by atoms with van der Waals surface area (Å²) < 4.78 is 133. The summed E-state index contributed by atoms with van der Waals surface area (Å²) in [6.07, 6.45) is -9.87. The maximum Gasteiger partial charge on any atom is 0.438 e. The summed E-state index contributed by atoms with van der Waals surface area (Å²) in [5, 5.41) is -10.4. The second-order valence-corrected chi connectivity index (χ2v) is 6.29. The fourth-order valence-electron chi connectivity index (χ4n) is 0.898. The van der Waals surface area contributed by atoms with Gasteiger partial charge in [0.1, 0.15) is 0 Å². The molecule has 0 N–H and O–H groups in total. The molecule has 0 aliphatic carbocycles. The van der Waals surface area contributed by atoms with E-state index in [-0.39, 0.29) is 0 Å². The van der Waals surface area contributed by atoms with Gasteiger partial charge >= 0.3 is 27.1 Å². The van der Waals surface area contributed by atoms with Gasteiger partial charge in [-0.3, -0.25) is 0 Å². The van der Waals surface area contributed by atoms with Crippen molar-refractivity contribution in [3.05, 3.63) is 0 Å². The van der Waals surface area contributed by atoms with Crippen LogP contribution in [-0.4, -0.2) is 32.2 Å².